The maximum absolute atomic E-state index is 12.2. The molecule has 1 aliphatic rings. The highest BCUT2D eigenvalue weighted by molar-refractivity contribution is 7.89. The van der Waals surface area contributed by atoms with E-state index in [1.165, 1.54) is 6.08 Å². The van der Waals surface area contributed by atoms with Crippen LogP contribution in [0.15, 0.2) is 59.5 Å². The van der Waals surface area contributed by atoms with E-state index in [4.69, 9.17) is 0 Å². The van der Waals surface area contributed by atoms with Gasteiger partial charge < -0.3 is 10.2 Å². The van der Waals surface area contributed by atoms with E-state index in [-0.39, 0.29) is 16.8 Å². The number of nitrogens with one attached hydrogen (secondary N) is 2. The molecule has 154 valence electrons. The lowest BCUT2D eigenvalue weighted by atomic mass is 10.2. The summed E-state index contributed by atoms with van der Waals surface area (Å²) >= 11 is 0. The SMILES string of the molecule is CCN(CC)c1ccc(NC(=O)/C=C/c2ccc(S(=O)(=O)NC3CC3)cc2)cc1. The first-order chi connectivity index (χ1) is 13.9. The molecule has 0 radical (unpaired) electrons. The molecule has 1 fully saturated rings. The summed E-state index contributed by atoms with van der Waals surface area (Å²) in [7, 11) is -3.46. The Kier molecular flexibility index (Phi) is 6.71. The molecular formula is C22H27N3O3S. The van der Waals surface area contributed by atoms with E-state index in [0.717, 1.165) is 42.9 Å². The second kappa shape index (κ2) is 9.24. The fourth-order valence-electron chi connectivity index (χ4n) is 2.95. The van der Waals surface area contributed by atoms with Crippen molar-refractivity contribution in [2.24, 2.45) is 0 Å². The van der Waals surface area contributed by atoms with Gasteiger partial charge in [-0.15, -0.1) is 0 Å². The molecular weight excluding hydrogens is 386 g/mol. The average molecular weight is 414 g/mol. The van der Waals surface area contributed by atoms with Gasteiger partial charge in [0.25, 0.3) is 0 Å². The minimum Gasteiger partial charge on any atom is -0.372 e. The number of carbonyl (C=O) groups excluding carboxylic acids is 1. The lowest BCUT2D eigenvalue weighted by Gasteiger charge is -2.21. The Morgan fingerprint density at radius 3 is 2.21 bits per heavy atom. The average Bonchev–Trinajstić information content (AvgIpc) is 3.52. The smallest absolute Gasteiger partial charge is 0.248 e. The Morgan fingerprint density at radius 1 is 1.03 bits per heavy atom. The third-order valence-corrected chi connectivity index (χ3v) is 6.32. The molecule has 1 aliphatic carbocycles. The number of anilines is 2. The van der Waals surface area contributed by atoms with Gasteiger partial charge in [0.05, 0.1) is 4.90 Å². The highest BCUT2D eigenvalue weighted by Gasteiger charge is 2.27. The van der Waals surface area contributed by atoms with E-state index in [0.29, 0.717) is 0 Å². The van der Waals surface area contributed by atoms with Crippen LogP contribution in [0.2, 0.25) is 0 Å². The van der Waals surface area contributed by atoms with Crippen LogP contribution in [0.3, 0.4) is 0 Å². The molecule has 0 atom stereocenters. The fourth-order valence-corrected chi connectivity index (χ4v) is 4.25. The lowest BCUT2D eigenvalue weighted by Crippen LogP contribution is -2.25. The number of carbonyl (C=O) groups is 1. The molecule has 0 spiro atoms. The van der Waals surface area contributed by atoms with Crippen molar-refractivity contribution >= 4 is 33.4 Å². The second-order valence-electron chi connectivity index (χ2n) is 7.01. The third kappa shape index (κ3) is 5.92. The molecule has 1 saturated carbocycles. The van der Waals surface area contributed by atoms with Crippen LogP contribution >= 0.6 is 0 Å². The Hall–Kier alpha value is -2.64. The summed E-state index contributed by atoms with van der Waals surface area (Å²) in [6.45, 7) is 6.08. The van der Waals surface area contributed by atoms with E-state index in [1.54, 1.807) is 30.3 Å². The highest BCUT2D eigenvalue weighted by atomic mass is 32.2. The van der Waals surface area contributed by atoms with Crippen LogP contribution in [-0.2, 0) is 14.8 Å². The number of sulfonamides is 1. The summed E-state index contributed by atoms with van der Waals surface area (Å²) in [6, 6.07) is 14.3. The molecule has 0 heterocycles. The number of benzene rings is 2. The maximum Gasteiger partial charge on any atom is 0.248 e. The van der Waals surface area contributed by atoms with Gasteiger partial charge in [0.2, 0.25) is 15.9 Å². The molecule has 2 aromatic carbocycles. The first-order valence-electron chi connectivity index (χ1n) is 9.87. The van der Waals surface area contributed by atoms with Crippen molar-refractivity contribution in [3.8, 4) is 0 Å². The van der Waals surface area contributed by atoms with Crippen LogP contribution in [-0.4, -0.2) is 33.5 Å². The van der Waals surface area contributed by atoms with Crippen molar-refractivity contribution in [1.82, 2.24) is 4.72 Å². The van der Waals surface area contributed by atoms with Crippen molar-refractivity contribution in [3.05, 3.63) is 60.2 Å². The highest BCUT2D eigenvalue weighted by Crippen LogP contribution is 2.22. The molecule has 6 nitrogen and oxygen atoms in total. The minimum absolute atomic E-state index is 0.0735. The summed E-state index contributed by atoms with van der Waals surface area (Å²) in [5.41, 5.74) is 2.60. The Bertz CT molecular complexity index is 959. The number of hydrogen-bond donors (Lipinski definition) is 2. The Morgan fingerprint density at radius 2 is 1.66 bits per heavy atom. The number of hydrogen-bond acceptors (Lipinski definition) is 4. The van der Waals surface area contributed by atoms with E-state index in [9.17, 15) is 13.2 Å². The van der Waals surface area contributed by atoms with Gasteiger partial charge in [-0.05, 0) is 74.7 Å². The van der Waals surface area contributed by atoms with Gasteiger partial charge in [-0.25, -0.2) is 13.1 Å². The van der Waals surface area contributed by atoms with Gasteiger partial charge in [-0.3, -0.25) is 4.79 Å². The van der Waals surface area contributed by atoms with Gasteiger partial charge in [-0.1, -0.05) is 12.1 Å². The second-order valence-corrected chi connectivity index (χ2v) is 8.72. The van der Waals surface area contributed by atoms with Gasteiger partial charge in [0.15, 0.2) is 0 Å². The van der Waals surface area contributed by atoms with Gasteiger partial charge >= 0.3 is 0 Å². The summed E-state index contributed by atoms with van der Waals surface area (Å²) < 4.78 is 27.0. The molecule has 0 saturated heterocycles. The molecule has 3 rings (SSSR count). The maximum atomic E-state index is 12.2. The Labute approximate surface area is 172 Å². The topological polar surface area (TPSA) is 78.5 Å². The van der Waals surface area contributed by atoms with Crippen molar-refractivity contribution in [1.29, 1.82) is 0 Å². The van der Waals surface area contributed by atoms with E-state index in [2.05, 4.69) is 28.8 Å². The molecule has 2 aromatic rings. The van der Waals surface area contributed by atoms with Gasteiger partial charge in [0.1, 0.15) is 0 Å². The van der Waals surface area contributed by atoms with E-state index in [1.807, 2.05) is 24.3 Å². The fraction of sp³-hybridized carbons (Fsp3) is 0.318. The molecule has 1 amide bonds. The van der Waals surface area contributed by atoms with Gasteiger partial charge in [0, 0.05) is 36.6 Å². The first-order valence-corrected chi connectivity index (χ1v) is 11.4. The zero-order valence-corrected chi connectivity index (χ0v) is 17.6. The molecule has 0 bridgehead atoms. The summed E-state index contributed by atoms with van der Waals surface area (Å²) in [5.74, 6) is -0.243. The molecule has 7 heteroatoms. The molecule has 0 unspecified atom stereocenters. The predicted molar refractivity (Wildman–Crippen MR) is 117 cm³/mol. The van der Waals surface area contributed by atoms with Crippen molar-refractivity contribution < 1.29 is 13.2 Å². The van der Waals surface area contributed by atoms with Crippen molar-refractivity contribution in [3.63, 3.8) is 0 Å². The molecule has 0 aromatic heterocycles. The monoisotopic (exact) mass is 413 g/mol. The minimum atomic E-state index is -3.46. The van der Waals surface area contributed by atoms with Crippen LogP contribution in [0.5, 0.6) is 0 Å². The van der Waals surface area contributed by atoms with Crippen LogP contribution in [0.1, 0.15) is 32.3 Å². The normalized spacial score (nSPS) is 14.1. The molecule has 2 N–H and O–H groups in total. The standard InChI is InChI=1S/C22H27N3O3S/c1-3-25(4-2)20-12-10-18(11-13-20)23-22(26)16-7-17-5-14-21(15-6-17)29(27,28)24-19-8-9-19/h5-7,10-16,19,24H,3-4,8-9H2,1-2H3,(H,23,26)/b16-7+. The zero-order chi connectivity index (χ0) is 20.9. The third-order valence-electron chi connectivity index (χ3n) is 4.78. The van der Waals surface area contributed by atoms with Crippen LogP contribution in [0.25, 0.3) is 6.08 Å². The van der Waals surface area contributed by atoms with E-state index >= 15 is 0 Å². The first kappa shape index (κ1) is 21.1. The number of amides is 1. The molecule has 0 aliphatic heterocycles. The van der Waals surface area contributed by atoms with Crippen molar-refractivity contribution in [2.45, 2.75) is 37.6 Å². The summed E-state index contributed by atoms with van der Waals surface area (Å²) in [5, 5.41) is 2.83. The zero-order valence-electron chi connectivity index (χ0n) is 16.8. The summed E-state index contributed by atoms with van der Waals surface area (Å²) in [6.07, 6.45) is 4.88. The van der Waals surface area contributed by atoms with E-state index < -0.39 is 10.0 Å². The largest absolute Gasteiger partial charge is 0.372 e. The summed E-state index contributed by atoms with van der Waals surface area (Å²) in [4.78, 5) is 14.6. The lowest BCUT2D eigenvalue weighted by molar-refractivity contribution is -0.111. The predicted octanol–water partition coefficient (Wildman–Crippen LogP) is 3.63. The van der Waals surface area contributed by atoms with Crippen LogP contribution < -0.4 is 14.9 Å². The Balaban J connectivity index is 1.57. The van der Waals surface area contributed by atoms with Crippen LogP contribution in [0.4, 0.5) is 11.4 Å². The van der Waals surface area contributed by atoms with Crippen molar-refractivity contribution in [2.75, 3.05) is 23.3 Å². The van der Waals surface area contributed by atoms with Gasteiger partial charge in [-0.2, -0.15) is 0 Å². The van der Waals surface area contributed by atoms with Crippen LogP contribution in [0, 0.1) is 0 Å². The number of nitrogens with zero attached hydrogens (tertiary/aromatic N) is 1. The number of rotatable bonds is 9. The molecule has 29 heavy (non-hydrogen) atoms. The quantitative estimate of drug-likeness (QED) is 0.616.